The van der Waals surface area contributed by atoms with Crippen molar-refractivity contribution in [3.05, 3.63) is 59.8 Å². The van der Waals surface area contributed by atoms with Gasteiger partial charge in [-0.1, -0.05) is 43.0 Å². The normalized spacial score (nSPS) is 17.3. The molecule has 1 aliphatic heterocycles. The Labute approximate surface area is 109 Å². The molecule has 0 saturated carbocycles. The van der Waals surface area contributed by atoms with Crippen LogP contribution in [0.5, 0.6) is 0 Å². The number of allylic oxidation sites excluding steroid dienone is 2. The van der Waals surface area contributed by atoms with Crippen LogP contribution in [0.4, 0.5) is 0 Å². The van der Waals surface area contributed by atoms with Gasteiger partial charge in [-0.15, -0.1) is 0 Å². The summed E-state index contributed by atoms with van der Waals surface area (Å²) in [6.45, 7) is 8.00. The maximum atomic E-state index is 12.2. The van der Waals surface area contributed by atoms with Crippen molar-refractivity contribution in [2.75, 3.05) is 0 Å². The summed E-state index contributed by atoms with van der Waals surface area (Å²) >= 11 is 0. The smallest absolute Gasteiger partial charge is 0.227 e. The monoisotopic (exact) mass is 241 g/mol. The fraction of sp³-hybridized carbons (Fsp3) is 0.312. The van der Waals surface area contributed by atoms with Crippen molar-refractivity contribution < 1.29 is 4.79 Å². The lowest BCUT2D eigenvalue weighted by atomic mass is 10.0. The second kappa shape index (κ2) is 5.21. The van der Waals surface area contributed by atoms with Crippen LogP contribution in [0, 0.1) is 0 Å². The molecule has 1 atom stereocenters. The fourth-order valence-corrected chi connectivity index (χ4v) is 2.37. The highest BCUT2D eigenvalue weighted by molar-refractivity contribution is 5.81. The van der Waals surface area contributed by atoms with Gasteiger partial charge in [0, 0.05) is 12.1 Å². The lowest BCUT2D eigenvalue weighted by Crippen LogP contribution is -2.35. The summed E-state index contributed by atoms with van der Waals surface area (Å²) in [6, 6.07) is 10.2. The third-order valence-corrected chi connectivity index (χ3v) is 3.33. The zero-order valence-electron chi connectivity index (χ0n) is 11.0. The van der Waals surface area contributed by atoms with Gasteiger partial charge in [-0.05, 0) is 31.4 Å². The minimum Gasteiger partial charge on any atom is -0.305 e. The Kier molecular flexibility index (Phi) is 3.66. The zero-order valence-corrected chi connectivity index (χ0v) is 11.0. The summed E-state index contributed by atoms with van der Waals surface area (Å²) in [5.74, 6) is 0.187. The molecule has 94 valence electrons. The number of carbonyl (C=O) groups is 1. The van der Waals surface area contributed by atoms with Crippen LogP contribution in [-0.2, 0) is 4.79 Å². The highest BCUT2D eigenvalue weighted by atomic mass is 16.2. The minimum absolute atomic E-state index is 0.0574. The highest BCUT2D eigenvalue weighted by Gasteiger charge is 2.27. The molecule has 0 aromatic heterocycles. The first-order valence-corrected chi connectivity index (χ1v) is 6.34. The Bertz CT molecular complexity index is 487. The molecule has 1 heterocycles. The molecule has 2 heteroatoms. The molecule has 1 amide bonds. The summed E-state index contributed by atoms with van der Waals surface area (Å²) in [5, 5.41) is 0. The van der Waals surface area contributed by atoms with E-state index in [9.17, 15) is 4.79 Å². The number of benzene rings is 1. The van der Waals surface area contributed by atoms with Gasteiger partial charge in [0.05, 0.1) is 6.04 Å². The van der Waals surface area contributed by atoms with Crippen molar-refractivity contribution in [3.8, 4) is 0 Å². The van der Waals surface area contributed by atoms with Crippen molar-refractivity contribution in [1.29, 1.82) is 0 Å². The Morgan fingerprint density at radius 2 is 2.00 bits per heavy atom. The van der Waals surface area contributed by atoms with E-state index < -0.39 is 0 Å². The van der Waals surface area contributed by atoms with Gasteiger partial charge in [0.2, 0.25) is 5.91 Å². The van der Waals surface area contributed by atoms with Crippen molar-refractivity contribution in [2.45, 2.75) is 32.7 Å². The number of nitrogens with zero attached hydrogens (tertiary/aromatic N) is 1. The Morgan fingerprint density at radius 1 is 1.33 bits per heavy atom. The van der Waals surface area contributed by atoms with Crippen LogP contribution in [0.25, 0.3) is 0 Å². The van der Waals surface area contributed by atoms with E-state index in [1.807, 2.05) is 30.0 Å². The molecule has 1 aromatic carbocycles. The fourth-order valence-electron chi connectivity index (χ4n) is 2.37. The molecule has 2 nitrogen and oxygen atoms in total. The van der Waals surface area contributed by atoms with Crippen LogP contribution < -0.4 is 0 Å². The summed E-state index contributed by atoms with van der Waals surface area (Å²) in [4.78, 5) is 14.0. The summed E-state index contributed by atoms with van der Waals surface area (Å²) < 4.78 is 0. The molecule has 1 aromatic rings. The number of rotatable bonds is 3. The lowest BCUT2D eigenvalue weighted by molar-refractivity contribution is -0.131. The molecule has 18 heavy (non-hydrogen) atoms. The third-order valence-electron chi connectivity index (χ3n) is 3.33. The van der Waals surface area contributed by atoms with Crippen LogP contribution in [0.3, 0.4) is 0 Å². The standard InChI is InChI=1S/C16H19NO/c1-12(2)15-10-7-11-16(18)17(15)13(3)14-8-5-4-6-9-14/h4-6,8-10,13H,1,7,11H2,2-3H3/t13-/m0/s1. The summed E-state index contributed by atoms with van der Waals surface area (Å²) in [7, 11) is 0. The minimum atomic E-state index is 0.0574. The quantitative estimate of drug-likeness (QED) is 0.787. The SMILES string of the molecule is C=C(C)C1=CCCC(=O)N1[C@@H](C)c1ccccc1. The molecule has 0 unspecified atom stereocenters. The number of amides is 1. The van der Waals surface area contributed by atoms with Gasteiger partial charge in [0.25, 0.3) is 0 Å². The molecule has 1 aliphatic rings. The molecule has 0 radical (unpaired) electrons. The maximum Gasteiger partial charge on any atom is 0.227 e. The first-order chi connectivity index (χ1) is 8.61. The largest absolute Gasteiger partial charge is 0.305 e. The van der Waals surface area contributed by atoms with Crippen LogP contribution in [0.1, 0.15) is 38.3 Å². The van der Waals surface area contributed by atoms with Gasteiger partial charge in [-0.2, -0.15) is 0 Å². The number of carbonyl (C=O) groups excluding carboxylic acids is 1. The van der Waals surface area contributed by atoms with E-state index in [0.717, 1.165) is 23.3 Å². The van der Waals surface area contributed by atoms with Crippen molar-refractivity contribution in [2.24, 2.45) is 0 Å². The average Bonchev–Trinajstić information content (AvgIpc) is 2.38. The predicted molar refractivity (Wildman–Crippen MR) is 73.8 cm³/mol. The first kappa shape index (κ1) is 12.6. The van der Waals surface area contributed by atoms with E-state index in [4.69, 9.17) is 0 Å². The maximum absolute atomic E-state index is 12.2. The Morgan fingerprint density at radius 3 is 2.61 bits per heavy atom. The van der Waals surface area contributed by atoms with Gasteiger partial charge in [-0.25, -0.2) is 0 Å². The molecule has 2 rings (SSSR count). The van der Waals surface area contributed by atoms with Gasteiger partial charge in [0.15, 0.2) is 0 Å². The van der Waals surface area contributed by atoms with E-state index in [1.165, 1.54) is 0 Å². The van der Waals surface area contributed by atoms with E-state index in [0.29, 0.717) is 6.42 Å². The summed E-state index contributed by atoms with van der Waals surface area (Å²) in [6.07, 6.45) is 3.52. The molecule has 0 N–H and O–H groups in total. The van der Waals surface area contributed by atoms with E-state index in [-0.39, 0.29) is 11.9 Å². The van der Waals surface area contributed by atoms with E-state index >= 15 is 0 Å². The third kappa shape index (κ3) is 2.37. The van der Waals surface area contributed by atoms with Crippen molar-refractivity contribution in [3.63, 3.8) is 0 Å². The van der Waals surface area contributed by atoms with Gasteiger partial charge in [-0.3, -0.25) is 4.79 Å². The second-order valence-corrected chi connectivity index (χ2v) is 4.76. The lowest BCUT2D eigenvalue weighted by Gasteiger charge is -2.34. The van der Waals surface area contributed by atoms with Crippen molar-refractivity contribution in [1.82, 2.24) is 4.90 Å². The first-order valence-electron chi connectivity index (χ1n) is 6.34. The van der Waals surface area contributed by atoms with Gasteiger partial charge < -0.3 is 4.90 Å². The van der Waals surface area contributed by atoms with Crippen LogP contribution >= 0.6 is 0 Å². The topological polar surface area (TPSA) is 20.3 Å². The van der Waals surface area contributed by atoms with Crippen LogP contribution in [-0.4, -0.2) is 10.8 Å². The molecule has 0 spiro atoms. The van der Waals surface area contributed by atoms with Crippen LogP contribution in [0.15, 0.2) is 54.3 Å². The zero-order chi connectivity index (χ0) is 13.1. The predicted octanol–water partition coefficient (Wildman–Crippen LogP) is 3.83. The molecule has 0 bridgehead atoms. The molecule has 0 aliphatic carbocycles. The number of hydrogen-bond acceptors (Lipinski definition) is 1. The van der Waals surface area contributed by atoms with E-state index in [1.54, 1.807) is 0 Å². The highest BCUT2D eigenvalue weighted by Crippen LogP contribution is 2.31. The number of hydrogen-bond donors (Lipinski definition) is 0. The summed E-state index contributed by atoms with van der Waals surface area (Å²) in [5.41, 5.74) is 3.08. The van der Waals surface area contributed by atoms with Crippen molar-refractivity contribution >= 4 is 5.91 Å². The average molecular weight is 241 g/mol. The molecular formula is C16H19NO. The Hall–Kier alpha value is -1.83. The molecular weight excluding hydrogens is 222 g/mol. The van der Waals surface area contributed by atoms with Gasteiger partial charge in [0.1, 0.15) is 0 Å². The Balaban J connectivity index is 2.35. The van der Waals surface area contributed by atoms with Gasteiger partial charge >= 0.3 is 0 Å². The second-order valence-electron chi connectivity index (χ2n) is 4.76. The van der Waals surface area contributed by atoms with E-state index in [2.05, 4.69) is 31.7 Å². The molecule has 0 saturated heterocycles. The molecule has 0 fully saturated rings. The van der Waals surface area contributed by atoms with Crippen LogP contribution in [0.2, 0.25) is 0 Å².